The molecule has 0 saturated carbocycles. The number of benzene rings is 2. The van der Waals surface area contributed by atoms with Crippen molar-refractivity contribution in [3.63, 3.8) is 0 Å². The first-order valence-corrected chi connectivity index (χ1v) is 7.88. The third-order valence-electron chi connectivity index (χ3n) is 3.28. The molecule has 2 aromatic carbocycles. The summed E-state index contributed by atoms with van der Waals surface area (Å²) in [7, 11) is 1.69. The predicted octanol–water partition coefficient (Wildman–Crippen LogP) is 4.13. The Morgan fingerprint density at radius 3 is 2.48 bits per heavy atom. The van der Waals surface area contributed by atoms with Crippen molar-refractivity contribution in [1.82, 2.24) is 4.90 Å². The van der Waals surface area contributed by atoms with Crippen LogP contribution in [0.2, 0.25) is 0 Å². The van der Waals surface area contributed by atoms with Gasteiger partial charge in [0.25, 0.3) is 5.91 Å². The van der Waals surface area contributed by atoms with E-state index in [0.717, 1.165) is 11.1 Å². The molecule has 2 rings (SSSR count). The first-order chi connectivity index (χ1) is 10.0. The zero-order valence-electron chi connectivity index (χ0n) is 12.4. The van der Waals surface area contributed by atoms with E-state index in [4.69, 9.17) is 0 Å². The van der Waals surface area contributed by atoms with Gasteiger partial charge in [-0.15, -0.1) is 11.8 Å². The van der Waals surface area contributed by atoms with Crippen LogP contribution < -0.4 is 0 Å². The molecular weight excluding hydrogens is 285 g/mol. The highest BCUT2D eigenvalue weighted by Gasteiger charge is 2.16. The third-order valence-corrected chi connectivity index (χ3v) is 4.02. The van der Waals surface area contributed by atoms with Gasteiger partial charge in [0.2, 0.25) is 0 Å². The SMILES string of the molecule is CSc1ccc(CN(C)C(=O)c2cc(C)ccc2F)cc1. The maximum atomic E-state index is 13.8. The number of hydrogen-bond donors (Lipinski definition) is 0. The van der Waals surface area contributed by atoms with Crippen LogP contribution >= 0.6 is 11.8 Å². The minimum Gasteiger partial charge on any atom is -0.337 e. The molecule has 0 spiro atoms. The summed E-state index contributed by atoms with van der Waals surface area (Å²) >= 11 is 1.67. The Kier molecular flexibility index (Phi) is 5.02. The van der Waals surface area contributed by atoms with Crippen molar-refractivity contribution >= 4 is 17.7 Å². The molecule has 0 saturated heterocycles. The topological polar surface area (TPSA) is 20.3 Å². The summed E-state index contributed by atoms with van der Waals surface area (Å²) in [6, 6.07) is 12.6. The fourth-order valence-corrected chi connectivity index (χ4v) is 2.49. The zero-order valence-corrected chi connectivity index (χ0v) is 13.2. The number of thioether (sulfide) groups is 1. The molecule has 0 radical (unpaired) electrons. The lowest BCUT2D eigenvalue weighted by molar-refractivity contribution is 0.0780. The molecule has 0 bridgehead atoms. The molecule has 4 heteroatoms. The van der Waals surface area contributed by atoms with Gasteiger partial charge < -0.3 is 4.90 Å². The van der Waals surface area contributed by atoms with Crippen molar-refractivity contribution < 1.29 is 9.18 Å². The van der Waals surface area contributed by atoms with Crippen LogP contribution in [0.25, 0.3) is 0 Å². The Hall–Kier alpha value is -1.81. The van der Waals surface area contributed by atoms with Crippen LogP contribution in [-0.2, 0) is 6.54 Å². The van der Waals surface area contributed by atoms with E-state index < -0.39 is 5.82 Å². The first kappa shape index (κ1) is 15.6. The summed E-state index contributed by atoms with van der Waals surface area (Å²) in [5, 5.41) is 0. The number of hydrogen-bond acceptors (Lipinski definition) is 2. The number of carbonyl (C=O) groups excluding carboxylic acids is 1. The normalized spacial score (nSPS) is 10.5. The second kappa shape index (κ2) is 6.76. The van der Waals surface area contributed by atoms with Crippen LogP contribution in [0.15, 0.2) is 47.4 Å². The predicted molar refractivity (Wildman–Crippen MR) is 85.2 cm³/mol. The number of aryl methyl sites for hydroxylation is 1. The molecule has 1 amide bonds. The molecule has 0 atom stereocenters. The van der Waals surface area contributed by atoms with Gasteiger partial charge in [0.15, 0.2) is 0 Å². The standard InChI is InChI=1S/C17H18FNOS/c1-12-4-9-16(18)15(10-12)17(20)19(2)11-13-5-7-14(21-3)8-6-13/h4-10H,11H2,1-3H3. The number of nitrogens with zero attached hydrogens (tertiary/aromatic N) is 1. The van der Waals surface area contributed by atoms with Gasteiger partial charge >= 0.3 is 0 Å². The molecular formula is C17H18FNOS. The molecule has 0 aliphatic carbocycles. The van der Waals surface area contributed by atoms with Crippen LogP contribution in [0.4, 0.5) is 4.39 Å². The van der Waals surface area contributed by atoms with E-state index in [-0.39, 0.29) is 11.5 Å². The lowest BCUT2D eigenvalue weighted by Crippen LogP contribution is -2.27. The summed E-state index contributed by atoms with van der Waals surface area (Å²) < 4.78 is 13.8. The second-order valence-corrected chi connectivity index (χ2v) is 5.87. The van der Waals surface area contributed by atoms with Crippen molar-refractivity contribution in [2.45, 2.75) is 18.4 Å². The van der Waals surface area contributed by atoms with Gasteiger partial charge in [0.05, 0.1) is 5.56 Å². The van der Waals surface area contributed by atoms with E-state index in [1.54, 1.807) is 30.9 Å². The molecule has 0 heterocycles. The fraction of sp³-hybridized carbons (Fsp3) is 0.235. The van der Waals surface area contributed by atoms with E-state index in [0.29, 0.717) is 6.54 Å². The molecule has 0 unspecified atom stereocenters. The summed E-state index contributed by atoms with van der Waals surface area (Å²) in [5.74, 6) is -0.777. The number of rotatable bonds is 4. The fourth-order valence-electron chi connectivity index (χ4n) is 2.09. The van der Waals surface area contributed by atoms with Crippen LogP contribution in [0, 0.1) is 12.7 Å². The number of carbonyl (C=O) groups is 1. The number of amides is 1. The molecule has 0 aromatic heterocycles. The van der Waals surface area contributed by atoms with Crippen LogP contribution in [-0.4, -0.2) is 24.1 Å². The van der Waals surface area contributed by atoms with Crippen molar-refractivity contribution in [3.8, 4) is 0 Å². The molecule has 2 nitrogen and oxygen atoms in total. The molecule has 110 valence electrons. The Morgan fingerprint density at radius 2 is 1.86 bits per heavy atom. The minimum atomic E-state index is -0.477. The quantitative estimate of drug-likeness (QED) is 0.792. The van der Waals surface area contributed by atoms with Crippen molar-refractivity contribution in [2.75, 3.05) is 13.3 Å². The molecule has 0 aliphatic heterocycles. The van der Waals surface area contributed by atoms with E-state index >= 15 is 0 Å². The number of halogens is 1. The minimum absolute atomic E-state index is 0.123. The van der Waals surface area contributed by atoms with Crippen LogP contribution in [0.5, 0.6) is 0 Å². The summed E-state index contributed by atoms with van der Waals surface area (Å²) in [4.78, 5) is 15.0. The van der Waals surface area contributed by atoms with Crippen molar-refractivity contribution in [1.29, 1.82) is 0 Å². The van der Waals surface area contributed by atoms with Gasteiger partial charge in [-0.1, -0.05) is 23.8 Å². The smallest absolute Gasteiger partial charge is 0.256 e. The second-order valence-electron chi connectivity index (χ2n) is 4.99. The molecule has 0 fully saturated rings. The van der Waals surface area contributed by atoms with Gasteiger partial charge in [-0.25, -0.2) is 4.39 Å². The highest BCUT2D eigenvalue weighted by Crippen LogP contribution is 2.17. The third kappa shape index (κ3) is 3.85. The monoisotopic (exact) mass is 303 g/mol. The van der Waals surface area contributed by atoms with Gasteiger partial charge in [-0.05, 0) is 43.0 Å². The molecule has 0 aliphatic rings. The van der Waals surface area contributed by atoms with Gasteiger partial charge in [0.1, 0.15) is 5.82 Å². The van der Waals surface area contributed by atoms with Gasteiger partial charge in [-0.2, -0.15) is 0 Å². The summed E-state index contributed by atoms with van der Waals surface area (Å²) in [6.07, 6.45) is 2.02. The van der Waals surface area contributed by atoms with E-state index in [2.05, 4.69) is 0 Å². The van der Waals surface area contributed by atoms with E-state index in [1.807, 2.05) is 37.4 Å². The van der Waals surface area contributed by atoms with E-state index in [9.17, 15) is 9.18 Å². The highest BCUT2D eigenvalue weighted by atomic mass is 32.2. The molecule has 2 aromatic rings. The first-order valence-electron chi connectivity index (χ1n) is 6.66. The van der Waals surface area contributed by atoms with E-state index in [1.165, 1.54) is 15.9 Å². The van der Waals surface area contributed by atoms with Crippen molar-refractivity contribution in [3.05, 3.63) is 65.0 Å². The lowest BCUT2D eigenvalue weighted by atomic mass is 10.1. The Bertz CT molecular complexity index is 640. The summed E-state index contributed by atoms with van der Waals surface area (Å²) in [5.41, 5.74) is 2.02. The molecule has 21 heavy (non-hydrogen) atoms. The zero-order chi connectivity index (χ0) is 15.4. The molecule has 0 N–H and O–H groups in total. The average molecular weight is 303 g/mol. The van der Waals surface area contributed by atoms with Crippen molar-refractivity contribution in [2.24, 2.45) is 0 Å². The Balaban J connectivity index is 2.13. The highest BCUT2D eigenvalue weighted by molar-refractivity contribution is 7.98. The Morgan fingerprint density at radius 1 is 1.19 bits per heavy atom. The largest absolute Gasteiger partial charge is 0.337 e. The van der Waals surface area contributed by atoms with Gasteiger partial charge in [0, 0.05) is 18.5 Å². The Labute approximate surface area is 129 Å². The van der Waals surface area contributed by atoms with Crippen LogP contribution in [0.3, 0.4) is 0 Å². The van der Waals surface area contributed by atoms with Crippen LogP contribution in [0.1, 0.15) is 21.5 Å². The maximum absolute atomic E-state index is 13.8. The average Bonchev–Trinajstić information content (AvgIpc) is 2.49. The maximum Gasteiger partial charge on any atom is 0.256 e. The lowest BCUT2D eigenvalue weighted by Gasteiger charge is -2.18. The summed E-state index contributed by atoms with van der Waals surface area (Å²) in [6.45, 7) is 2.30. The van der Waals surface area contributed by atoms with Gasteiger partial charge in [-0.3, -0.25) is 4.79 Å².